The quantitative estimate of drug-likeness (QED) is 0.665. The summed E-state index contributed by atoms with van der Waals surface area (Å²) in [7, 11) is 1.61. The highest BCUT2D eigenvalue weighted by Gasteiger charge is 2.35. The number of carbonyl (C=O) groups is 1. The second-order valence-corrected chi connectivity index (χ2v) is 3.61. The smallest absolute Gasteiger partial charge is 0.292 e. The van der Waals surface area contributed by atoms with Crippen molar-refractivity contribution in [2.45, 2.75) is 12.0 Å². The number of rotatable bonds is 4. The summed E-state index contributed by atoms with van der Waals surface area (Å²) in [6.45, 7) is 1.50. The molecule has 1 amide bonds. The van der Waals surface area contributed by atoms with Crippen LogP contribution in [0.2, 0.25) is 0 Å². The summed E-state index contributed by atoms with van der Waals surface area (Å²) in [5, 5.41) is 15.4. The normalized spacial score (nSPS) is 24.6. The van der Waals surface area contributed by atoms with Gasteiger partial charge in [0.05, 0.1) is 6.61 Å². The van der Waals surface area contributed by atoms with E-state index in [1.165, 1.54) is 0 Å². The second kappa shape index (κ2) is 4.54. The molecule has 1 atom stereocenters. The van der Waals surface area contributed by atoms with E-state index < -0.39 is 5.60 Å². The van der Waals surface area contributed by atoms with Gasteiger partial charge in [0.1, 0.15) is 5.60 Å². The summed E-state index contributed by atoms with van der Waals surface area (Å²) < 4.78 is 10.6. The standard InChI is InChI=1S/C8H13N5O3/c1-15-8(2-3-16-5-8)4-9-7(14)6-10-12-13-11-6/h2-5H2,1H3,(H,9,14)(H,10,11,12,13). The van der Waals surface area contributed by atoms with Gasteiger partial charge in [-0.1, -0.05) is 0 Å². The van der Waals surface area contributed by atoms with Crippen LogP contribution in [0.3, 0.4) is 0 Å². The minimum Gasteiger partial charge on any atom is -0.378 e. The molecule has 8 nitrogen and oxygen atoms in total. The lowest BCUT2D eigenvalue weighted by Gasteiger charge is -2.25. The molecule has 1 unspecified atom stereocenters. The lowest BCUT2D eigenvalue weighted by Crippen LogP contribution is -2.45. The van der Waals surface area contributed by atoms with Crippen LogP contribution in [-0.2, 0) is 9.47 Å². The highest BCUT2D eigenvalue weighted by atomic mass is 16.5. The topological polar surface area (TPSA) is 102 Å². The maximum Gasteiger partial charge on any atom is 0.292 e. The van der Waals surface area contributed by atoms with Gasteiger partial charge in [0.2, 0.25) is 0 Å². The molecule has 0 aliphatic carbocycles. The third kappa shape index (κ3) is 2.17. The molecule has 2 N–H and O–H groups in total. The maximum atomic E-state index is 11.5. The van der Waals surface area contributed by atoms with E-state index in [1.807, 2.05) is 0 Å². The van der Waals surface area contributed by atoms with Crippen LogP contribution in [0.1, 0.15) is 17.0 Å². The summed E-state index contributed by atoms with van der Waals surface area (Å²) >= 11 is 0. The fourth-order valence-electron chi connectivity index (χ4n) is 1.54. The average Bonchev–Trinajstić information content (AvgIpc) is 2.98. The molecule has 0 bridgehead atoms. The van der Waals surface area contributed by atoms with Gasteiger partial charge in [0.15, 0.2) is 0 Å². The molecular weight excluding hydrogens is 214 g/mol. The van der Waals surface area contributed by atoms with E-state index in [0.29, 0.717) is 19.8 Å². The second-order valence-electron chi connectivity index (χ2n) is 3.61. The Morgan fingerprint density at radius 2 is 2.62 bits per heavy atom. The van der Waals surface area contributed by atoms with Gasteiger partial charge in [0, 0.05) is 26.7 Å². The van der Waals surface area contributed by atoms with Gasteiger partial charge >= 0.3 is 0 Å². The number of tetrazole rings is 1. The van der Waals surface area contributed by atoms with E-state index in [1.54, 1.807) is 7.11 Å². The Balaban J connectivity index is 1.89. The highest BCUT2D eigenvalue weighted by molar-refractivity contribution is 5.90. The van der Waals surface area contributed by atoms with E-state index in [9.17, 15) is 4.79 Å². The van der Waals surface area contributed by atoms with Crippen molar-refractivity contribution in [1.29, 1.82) is 0 Å². The number of ether oxygens (including phenoxy) is 2. The lowest BCUT2D eigenvalue weighted by molar-refractivity contribution is -0.0149. The molecule has 0 spiro atoms. The molecule has 1 fully saturated rings. The van der Waals surface area contributed by atoms with Crippen LogP contribution < -0.4 is 5.32 Å². The summed E-state index contributed by atoms with van der Waals surface area (Å²) in [5.41, 5.74) is -0.431. The number of aromatic amines is 1. The predicted molar refractivity (Wildman–Crippen MR) is 51.7 cm³/mol. The first kappa shape index (κ1) is 11.0. The van der Waals surface area contributed by atoms with Crippen molar-refractivity contribution < 1.29 is 14.3 Å². The fourth-order valence-corrected chi connectivity index (χ4v) is 1.54. The number of methoxy groups -OCH3 is 1. The van der Waals surface area contributed by atoms with Crippen molar-refractivity contribution in [2.24, 2.45) is 0 Å². The number of carbonyl (C=O) groups excluding carboxylic acids is 1. The zero-order valence-corrected chi connectivity index (χ0v) is 8.89. The van der Waals surface area contributed by atoms with Crippen LogP contribution in [0.5, 0.6) is 0 Å². The Bertz CT molecular complexity index is 347. The molecule has 0 aromatic carbocycles. The van der Waals surface area contributed by atoms with Crippen LogP contribution in [0, 0.1) is 0 Å². The van der Waals surface area contributed by atoms with Gasteiger partial charge in [-0.15, -0.1) is 10.2 Å². The van der Waals surface area contributed by atoms with Crippen molar-refractivity contribution in [3.8, 4) is 0 Å². The number of nitrogens with one attached hydrogen (secondary N) is 2. The Hall–Kier alpha value is -1.54. The van der Waals surface area contributed by atoms with Gasteiger partial charge in [-0.05, 0) is 5.21 Å². The van der Waals surface area contributed by atoms with Crippen LogP contribution in [0.25, 0.3) is 0 Å². The molecule has 1 aromatic rings. The largest absolute Gasteiger partial charge is 0.378 e. The number of aromatic nitrogens is 4. The Morgan fingerprint density at radius 3 is 3.19 bits per heavy atom. The van der Waals surface area contributed by atoms with Gasteiger partial charge in [-0.25, -0.2) is 0 Å². The van der Waals surface area contributed by atoms with Gasteiger partial charge < -0.3 is 14.8 Å². The molecule has 8 heteroatoms. The van der Waals surface area contributed by atoms with Crippen molar-refractivity contribution in [2.75, 3.05) is 26.9 Å². The molecule has 0 radical (unpaired) electrons. The van der Waals surface area contributed by atoms with Crippen LogP contribution in [0.4, 0.5) is 0 Å². The molecule has 16 heavy (non-hydrogen) atoms. The SMILES string of the molecule is COC1(CNC(=O)c2nn[nH]n2)CCOC1. The van der Waals surface area contributed by atoms with Crippen molar-refractivity contribution in [3.63, 3.8) is 0 Å². The van der Waals surface area contributed by atoms with Crippen LogP contribution in [-0.4, -0.2) is 59.0 Å². The molecule has 1 aliphatic heterocycles. The highest BCUT2D eigenvalue weighted by Crippen LogP contribution is 2.21. The van der Waals surface area contributed by atoms with E-state index in [2.05, 4.69) is 25.9 Å². The Kier molecular flexibility index (Phi) is 3.11. The molecule has 2 rings (SSSR count). The molecule has 0 saturated carbocycles. The van der Waals surface area contributed by atoms with E-state index in [-0.39, 0.29) is 11.7 Å². The lowest BCUT2D eigenvalue weighted by atomic mass is 10.0. The number of amides is 1. The van der Waals surface area contributed by atoms with Crippen LogP contribution >= 0.6 is 0 Å². The summed E-state index contributed by atoms with van der Waals surface area (Å²) in [6.07, 6.45) is 0.760. The molecule has 1 aliphatic rings. The molecule has 88 valence electrons. The zero-order valence-electron chi connectivity index (χ0n) is 8.89. The van der Waals surface area contributed by atoms with Crippen molar-refractivity contribution in [3.05, 3.63) is 5.82 Å². The van der Waals surface area contributed by atoms with Crippen LogP contribution in [0.15, 0.2) is 0 Å². The van der Waals surface area contributed by atoms with Gasteiger partial charge in [-0.3, -0.25) is 4.79 Å². The maximum absolute atomic E-state index is 11.5. The third-order valence-corrected chi connectivity index (χ3v) is 2.62. The van der Waals surface area contributed by atoms with E-state index in [0.717, 1.165) is 6.42 Å². The minimum atomic E-state index is -0.431. The average molecular weight is 227 g/mol. The first-order valence-electron chi connectivity index (χ1n) is 4.90. The van der Waals surface area contributed by atoms with Gasteiger partial charge in [-0.2, -0.15) is 5.21 Å². The third-order valence-electron chi connectivity index (χ3n) is 2.62. The first-order valence-corrected chi connectivity index (χ1v) is 4.90. The molecule has 1 aromatic heterocycles. The van der Waals surface area contributed by atoms with E-state index in [4.69, 9.17) is 9.47 Å². The zero-order chi connectivity index (χ0) is 11.4. The van der Waals surface area contributed by atoms with Crippen molar-refractivity contribution in [1.82, 2.24) is 25.9 Å². The van der Waals surface area contributed by atoms with Gasteiger partial charge in [0.25, 0.3) is 11.7 Å². The van der Waals surface area contributed by atoms with E-state index >= 15 is 0 Å². The molecule has 1 saturated heterocycles. The minimum absolute atomic E-state index is 0.0187. The monoisotopic (exact) mass is 227 g/mol. The molecular formula is C8H13N5O3. The fraction of sp³-hybridized carbons (Fsp3) is 0.750. The van der Waals surface area contributed by atoms with Crippen molar-refractivity contribution >= 4 is 5.91 Å². The number of hydrogen-bond acceptors (Lipinski definition) is 6. The Labute approximate surface area is 91.7 Å². The summed E-state index contributed by atoms with van der Waals surface area (Å²) in [6, 6.07) is 0. The number of H-pyrrole nitrogens is 1. The predicted octanol–water partition coefficient (Wildman–Crippen LogP) is -1.26. The number of nitrogens with zero attached hydrogens (tertiary/aromatic N) is 3. The summed E-state index contributed by atoms with van der Waals surface area (Å²) in [4.78, 5) is 11.5. The Morgan fingerprint density at radius 1 is 1.75 bits per heavy atom. The summed E-state index contributed by atoms with van der Waals surface area (Å²) in [5.74, 6) is -0.359. The first-order chi connectivity index (χ1) is 7.76. The molecule has 2 heterocycles. The number of hydrogen-bond donors (Lipinski definition) is 2.